The molecule has 6 nitrogen and oxygen atoms in total. The number of pyridine rings is 2. The van der Waals surface area contributed by atoms with Crippen LogP contribution in [0.5, 0.6) is 0 Å². The third-order valence-electron chi connectivity index (χ3n) is 3.27. The van der Waals surface area contributed by atoms with Crippen LogP contribution in [0.15, 0.2) is 67.0 Å². The van der Waals surface area contributed by atoms with E-state index in [0.29, 0.717) is 0 Å². The second-order valence-electron chi connectivity index (χ2n) is 4.97. The summed E-state index contributed by atoms with van der Waals surface area (Å²) >= 11 is 0. The molecule has 0 aliphatic rings. The van der Waals surface area contributed by atoms with Crippen molar-refractivity contribution < 1.29 is 4.92 Å². The molecular formula is C18H14N4O2. The molecule has 2 aromatic heterocycles. The van der Waals surface area contributed by atoms with E-state index in [-0.39, 0.29) is 11.5 Å². The molecule has 6 heteroatoms. The van der Waals surface area contributed by atoms with Gasteiger partial charge in [-0.3, -0.25) is 15.1 Å². The minimum absolute atomic E-state index is 0.0630. The van der Waals surface area contributed by atoms with Crippen molar-refractivity contribution in [2.24, 2.45) is 0 Å². The van der Waals surface area contributed by atoms with E-state index in [4.69, 9.17) is 0 Å². The largest absolute Gasteiger partial charge is 0.334 e. The lowest BCUT2D eigenvalue weighted by molar-refractivity contribution is -0.384. The highest BCUT2D eigenvalue weighted by molar-refractivity contribution is 5.72. The molecule has 1 aromatic carbocycles. The van der Waals surface area contributed by atoms with E-state index in [1.807, 2.05) is 54.6 Å². The zero-order chi connectivity index (χ0) is 16.8. The second kappa shape index (κ2) is 7.15. The summed E-state index contributed by atoms with van der Waals surface area (Å²) in [6.45, 7) is 0. The maximum atomic E-state index is 11.0. The standard InChI is InChI=1S/C18H14N4O2/c23-22(24)17-8-4-12-20-18(17)21-16-7-3-5-14(13-16)9-10-15-6-1-2-11-19-15/h1-13H,(H,20,21)/b10-9+. The monoisotopic (exact) mass is 318 g/mol. The van der Waals surface area contributed by atoms with Gasteiger partial charge in [-0.2, -0.15) is 0 Å². The van der Waals surface area contributed by atoms with E-state index in [0.717, 1.165) is 16.9 Å². The smallest absolute Gasteiger partial charge is 0.311 e. The van der Waals surface area contributed by atoms with Crippen molar-refractivity contribution in [3.8, 4) is 0 Å². The van der Waals surface area contributed by atoms with Gasteiger partial charge in [-0.1, -0.05) is 24.3 Å². The van der Waals surface area contributed by atoms with Crippen LogP contribution in [0.3, 0.4) is 0 Å². The first kappa shape index (κ1) is 15.4. The summed E-state index contributed by atoms with van der Waals surface area (Å²) in [5.74, 6) is 0.216. The van der Waals surface area contributed by atoms with Gasteiger partial charge in [0.15, 0.2) is 0 Å². The Hall–Kier alpha value is -3.54. The van der Waals surface area contributed by atoms with Crippen LogP contribution >= 0.6 is 0 Å². The lowest BCUT2D eigenvalue weighted by Crippen LogP contribution is -1.99. The average molecular weight is 318 g/mol. The van der Waals surface area contributed by atoms with Crippen LogP contribution < -0.4 is 5.32 Å². The van der Waals surface area contributed by atoms with Gasteiger partial charge in [-0.25, -0.2) is 4.98 Å². The SMILES string of the molecule is O=[N+]([O-])c1cccnc1Nc1cccc(/C=C/c2ccccn2)c1. The molecule has 0 saturated heterocycles. The zero-order valence-corrected chi connectivity index (χ0v) is 12.7. The number of benzene rings is 1. The van der Waals surface area contributed by atoms with Crippen molar-refractivity contribution in [3.05, 3.63) is 88.4 Å². The fourth-order valence-electron chi connectivity index (χ4n) is 2.15. The Bertz CT molecular complexity index is 879. The number of nitrogens with one attached hydrogen (secondary N) is 1. The molecule has 0 aliphatic heterocycles. The molecule has 0 atom stereocenters. The van der Waals surface area contributed by atoms with E-state index >= 15 is 0 Å². The fraction of sp³-hybridized carbons (Fsp3) is 0. The molecule has 24 heavy (non-hydrogen) atoms. The summed E-state index contributed by atoms with van der Waals surface area (Å²) in [5.41, 5.74) is 2.47. The topological polar surface area (TPSA) is 81.0 Å². The highest BCUT2D eigenvalue weighted by atomic mass is 16.6. The molecule has 0 bridgehead atoms. The van der Waals surface area contributed by atoms with Gasteiger partial charge in [0.2, 0.25) is 5.82 Å². The summed E-state index contributed by atoms with van der Waals surface area (Å²) in [7, 11) is 0. The number of hydrogen-bond acceptors (Lipinski definition) is 5. The van der Waals surface area contributed by atoms with E-state index in [2.05, 4.69) is 15.3 Å². The Morgan fingerprint density at radius 1 is 0.958 bits per heavy atom. The highest BCUT2D eigenvalue weighted by Crippen LogP contribution is 2.25. The van der Waals surface area contributed by atoms with Gasteiger partial charge in [0.25, 0.3) is 0 Å². The third-order valence-corrected chi connectivity index (χ3v) is 3.27. The van der Waals surface area contributed by atoms with Gasteiger partial charge in [0, 0.05) is 24.1 Å². The summed E-state index contributed by atoms with van der Waals surface area (Å²) in [6, 6.07) is 16.2. The van der Waals surface area contributed by atoms with E-state index < -0.39 is 4.92 Å². The van der Waals surface area contributed by atoms with Crippen LogP contribution in [0.1, 0.15) is 11.3 Å². The molecule has 0 saturated carbocycles. The van der Waals surface area contributed by atoms with E-state index in [1.165, 1.54) is 18.3 Å². The van der Waals surface area contributed by atoms with Gasteiger partial charge in [-0.15, -0.1) is 0 Å². The molecule has 0 spiro atoms. The molecule has 0 fully saturated rings. The van der Waals surface area contributed by atoms with E-state index in [9.17, 15) is 10.1 Å². The predicted molar refractivity (Wildman–Crippen MR) is 93.8 cm³/mol. The Balaban J connectivity index is 1.81. The van der Waals surface area contributed by atoms with Crippen LogP contribution in [0, 0.1) is 10.1 Å². The molecule has 3 rings (SSSR count). The number of aromatic nitrogens is 2. The van der Waals surface area contributed by atoms with Gasteiger partial charge >= 0.3 is 5.69 Å². The fourth-order valence-corrected chi connectivity index (χ4v) is 2.15. The number of nitro groups is 1. The molecule has 0 amide bonds. The first-order chi connectivity index (χ1) is 11.7. The van der Waals surface area contributed by atoms with E-state index in [1.54, 1.807) is 6.20 Å². The number of hydrogen-bond donors (Lipinski definition) is 1. The molecule has 2 heterocycles. The molecule has 0 radical (unpaired) electrons. The Morgan fingerprint density at radius 3 is 2.62 bits per heavy atom. The molecule has 0 aliphatic carbocycles. The highest BCUT2D eigenvalue weighted by Gasteiger charge is 2.13. The maximum Gasteiger partial charge on any atom is 0.311 e. The van der Waals surface area contributed by atoms with Crippen molar-refractivity contribution >= 4 is 29.3 Å². The van der Waals surface area contributed by atoms with Crippen LogP contribution in [0.2, 0.25) is 0 Å². The zero-order valence-electron chi connectivity index (χ0n) is 12.7. The van der Waals surface area contributed by atoms with Crippen molar-refractivity contribution in [1.82, 2.24) is 9.97 Å². The first-order valence-corrected chi connectivity index (χ1v) is 7.28. The summed E-state index contributed by atoms with van der Waals surface area (Å²) in [5, 5.41) is 14.0. The summed E-state index contributed by atoms with van der Waals surface area (Å²) in [6.07, 6.45) is 7.08. The lowest BCUT2D eigenvalue weighted by Gasteiger charge is -2.06. The number of nitrogens with zero attached hydrogens (tertiary/aromatic N) is 3. The second-order valence-corrected chi connectivity index (χ2v) is 4.97. The molecular weight excluding hydrogens is 304 g/mol. The molecule has 0 unspecified atom stereocenters. The third kappa shape index (κ3) is 3.80. The van der Waals surface area contributed by atoms with Gasteiger partial charge in [0.1, 0.15) is 0 Å². The quantitative estimate of drug-likeness (QED) is 0.560. The Kier molecular flexibility index (Phi) is 4.57. The summed E-state index contributed by atoms with van der Waals surface area (Å²) < 4.78 is 0. The minimum atomic E-state index is -0.458. The minimum Gasteiger partial charge on any atom is -0.334 e. The van der Waals surface area contributed by atoms with Gasteiger partial charge < -0.3 is 5.32 Å². The number of anilines is 2. The van der Waals surface area contributed by atoms with Gasteiger partial charge in [-0.05, 0) is 42.0 Å². The van der Waals surface area contributed by atoms with Crippen LogP contribution in [-0.2, 0) is 0 Å². The predicted octanol–water partition coefficient (Wildman–Crippen LogP) is 4.30. The van der Waals surface area contributed by atoms with Crippen LogP contribution in [0.25, 0.3) is 12.2 Å². The van der Waals surface area contributed by atoms with Crippen molar-refractivity contribution in [1.29, 1.82) is 0 Å². The van der Waals surface area contributed by atoms with Crippen LogP contribution in [0.4, 0.5) is 17.2 Å². The van der Waals surface area contributed by atoms with Gasteiger partial charge in [0.05, 0.1) is 10.6 Å². The normalized spacial score (nSPS) is 10.7. The molecule has 1 N–H and O–H groups in total. The van der Waals surface area contributed by atoms with Crippen molar-refractivity contribution in [2.45, 2.75) is 0 Å². The Morgan fingerprint density at radius 2 is 1.83 bits per heavy atom. The molecule has 118 valence electrons. The maximum absolute atomic E-state index is 11.0. The first-order valence-electron chi connectivity index (χ1n) is 7.28. The number of rotatable bonds is 5. The van der Waals surface area contributed by atoms with Crippen LogP contribution in [-0.4, -0.2) is 14.9 Å². The average Bonchev–Trinajstić information content (AvgIpc) is 2.61. The summed E-state index contributed by atoms with van der Waals surface area (Å²) in [4.78, 5) is 18.9. The van der Waals surface area contributed by atoms with Crippen molar-refractivity contribution in [3.63, 3.8) is 0 Å². The molecule has 3 aromatic rings. The lowest BCUT2D eigenvalue weighted by atomic mass is 10.1. The van der Waals surface area contributed by atoms with Crippen molar-refractivity contribution in [2.75, 3.05) is 5.32 Å². The Labute approximate surface area is 138 Å².